The molecular weight excluding hydrogens is 255 g/mol. The standard InChI is InChI=1S/C11H15FN4OS/c1-7-5-14-10(18-2)15-8(7)16-4-3-11(12,6-16)9(13)17/h5H,3-4,6H2,1-2H3,(H2,13,17). The summed E-state index contributed by atoms with van der Waals surface area (Å²) in [7, 11) is 0. The molecule has 0 bridgehead atoms. The summed E-state index contributed by atoms with van der Waals surface area (Å²) in [6.07, 6.45) is 3.69. The van der Waals surface area contributed by atoms with Crippen LogP contribution in [0.2, 0.25) is 0 Å². The molecular formula is C11H15FN4OS. The van der Waals surface area contributed by atoms with Gasteiger partial charge in [0.25, 0.3) is 5.91 Å². The highest BCUT2D eigenvalue weighted by molar-refractivity contribution is 7.98. The number of thioether (sulfide) groups is 1. The zero-order valence-electron chi connectivity index (χ0n) is 10.3. The summed E-state index contributed by atoms with van der Waals surface area (Å²) in [5.41, 5.74) is 4.00. The molecule has 1 unspecified atom stereocenters. The van der Waals surface area contributed by atoms with Crippen molar-refractivity contribution in [2.24, 2.45) is 5.73 Å². The Kier molecular flexibility index (Phi) is 3.43. The SMILES string of the molecule is CSc1ncc(C)c(N2CCC(F)(C(N)=O)C2)n1. The fraction of sp³-hybridized carbons (Fsp3) is 0.545. The molecule has 0 spiro atoms. The second-order valence-corrected chi connectivity index (χ2v) is 5.14. The normalized spacial score (nSPS) is 23.4. The number of aryl methyl sites for hydroxylation is 1. The number of hydrogen-bond donors (Lipinski definition) is 1. The van der Waals surface area contributed by atoms with Crippen LogP contribution in [-0.4, -0.2) is 40.9 Å². The number of hydrogen-bond acceptors (Lipinski definition) is 5. The third-order valence-corrected chi connectivity index (χ3v) is 3.63. The van der Waals surface area contributed by atoms with Crippen molar-refractivity contribution >= 4 is 23.5 Å². The number of halogens is 1. The van der Waals surface area contributed by atoms with Crippen LogP contribution >= 0.6 is 11.8 Å². The Labute approximate surface area is 109 Å². The zero-order valence-corrected chi connectivity index (χ0v) is 11.1. The summed E-state index contributed by atoms with van der Waals surface area (Å²) in [5, 5.41) is 0.631. The van der Waals surface area contributed by atoms with Crippen molar-refractivity contribution in [3.05, 3.63) is 11.8 Å². The fourth-order valence-electron chi connectivity index (χ4n) is 1.99. The number of rotatable bonds is 3. The third kappa shape index (κ3) is 2.27. The molecule has 5 nitrogen and oxygen atoms in total. The van der Waals surface area contributed by atoms with Crippen molar-refractivity contribution in [3.8, 4) is 0 Å². The second kappa shape index (κ2) is 4.72. The highest BCUT2D eigenvalue weighted by Crippen LogP contribution is 2.30. The van der Waals surface area contributed by atoms with Gasteiger partial charge in [-0.3, -0.25) is 4.79 Å². The lowest BCUT2D eigenvalue weighted by Gasteiger charge is -2.20. The van der Waals surface area contributed by atoms with Gasteiger partial charge in [0.1, 0.15) is 5.82 Å². The summed E-state index contributed by atoms with van der Waals surface area (Å²) < 4.78 is 14.1. The lowest BCUT2D eigenvalue weighted by atomic mass is 10.1. The quantitative estimate of drug-likeness (QED) is 0.653. The Hall–Kier alpha value is -1.37. The van der Waals surface area contributed by atoms with Crippen molar-refractivity contribution in [2.45, 2.75) is 24.2 Å². The highest BCUT2D eigenvalue weighted by atomic mass is 32.2. The number of carbonyl (C=O) groups excluding carboxylic acids is 1. The van der Waals surface area contributed by atoms with Crippen LogP contribution in [0, 0.1) is 6.92 Å². The van der Waals surface area contributed by atoms with Crippen LogP contribution in [0.4, 0.5) is 10.2 Å². The lowest BCUT2D eigenvalue weighted by Crippen LogP contribution is -2.42. The zero-order chi connectivity index (χ0) is 13.3. The largest absolute Gasteiger partial charge is 0.367 e. The first-order valence-corrected chi connectivity index (χ1v) is 6.80. The molecule has 2 heterocycles. The smallest absolute Gasteiger partial charge is 0.257 e. The van der Waals surface area contributed by atoms with Gasteiger partial charge in [-0.2, -0.15) is 0 Å². The molecule has 2 N–H and O–H groups in total. The number of alkyl halides is 1. The minimum absolute atomic E-state index is 0.0337. The molecule has 0 saturated carbocycles. The van der Waals surface area contributed by atoms with E-state index in [2.05, 4.69) is 9.97 Å². The Morgan fingerprint density at radius 1 is 1.67 bits per heavy atom. The first kappa shape index (κ1) is 13.1. The van der Waals surface area contributed by atoms with Gasteiger partial charge in [-0.1, -0.05) is 11.8 Å². The number of anilines is 1. The predicted octanol–water partition coefficient (Wildman–Crippen LogP) is 0.911. The number of nitrogens with two attached hydrogens (primary N) is 1. The molecule has 1 fully saturated rings. The van der Waals surface area contributed by atoms with E-state index in [4.69, 9.17) is 5.73 Å². The molecule has 98 valence electrons. The monoisotopic (exact) mass is 270 g/mol. The van der Waals surface area contributed by atoms with Crippen molar-refractivity contribution in [3.63, 3.8) is 0 Å². The summed E-state index contributed by atoms with van der Waals surface area (Å²) in [6.45, 7) is 2.26. The molecule has 1 amide bonds. The number of primary amides is 1. The summed E-state index contributed by atoms with van der Waals surface area (Å²) in [4.78, 5) is 21.3. The summed E-state index contributed by atoms with van der Waals surface area (Å²) in [5.74, 6) is -0.225. The summed E-state index contributed by atoms with van der Waals surface area (Å²) in [6, 6.07) is 0. The highest BCUT2D eigenvalue weighted by Gasteiger charge is 2.44. The van der Waals surface area contributed by atoms with Crippen molar-refractivity contribution in [1.82, 2.24) is 9.97 Å². The van der Waals surface area contributed by atoms with Gasteiger partial charge < -0.3 is 10.6 Å². The molecule has 18 heavy (non-hydrogen) atoms. The van der Waals surface area contributed by atoms with Gasteiger partial charge in [0.2, 0.25) is 5.67 Å². The van der Waals surface area contributed by atoms with E-state index in [0.717, 1.165) is 5.56 Å². The van der Waals surface area contributed by atoms with Crippen LogP contribution in [0.25, 0.3) is 0 Å². The minimum atomic E-state index is -1.95. The van der Waals surface area contributed by atoms with E-state index in [9.17, 15) is 9.18 Å². The Bertz CT molecular complexity index is 484. The molecule has 1 aliphatic heterocycles. The molecule has 7 heteroatoms. The van der Waals surface area contributed by atoms with E-state index in [1.54, 1.807) is 11.1 Å². The van der Waals surface area contributed by atoms with E-state index in [-0.39, 0.29) is 13.0 Å². The Morgan fingerprint density at radius 3 is 2.94 bits per heavy atom. The minimum Gasteiger partial charge on any atom is -0.367 e. The van der Waals surface area contributed by atoms with Gasteiger partial charge in [0.05, 0.1) is 6.54 Å². The Morgan fingerprint density at radius 2 is 2.39 bits per heavy atom. The number of carbonyl (C=O) groups is 1. The van der Waals surface area contributed by atoms with Crippen LogP contribution in [0.3, 0.4) is 0 Å². The van der Waals surface area contributed by atoms with Crippen molar-refractivity contribution < 1.29 is 9.18 Å². The van der Waals surface area contributed by atoms with Gasteiger partial charge in [0.15, 0.2) is 5.16 Å². The summed E-state index contributed by atoms with van der Waals surface area (Å²) >= 11 is 1.42. The molecule has 0 aromatic carbocycles. The lowest BCUT2D eigenvalue weighted by molar-refractivity contribution is -0.128. The third-order valence-electron chi connectivity index (χ3n) is 3.07. The predicted molar refractivity (Wildman–Crippen MR) is 68.4 cm³/mol. The molecule has 2 rings (SSSR count). The maximum absolute atomic E-state index is 14.1. The van der Waals surface area contributed by atoms with Crippen LogP contribution in [0.15, 0.2) is 11.4 Å². The van der Waals surface area contributed by atoms with Gasteiger partial charge in [-0.15, -0.1) is 0 Å². The maximum atomic E-state index is 14.1. The number of amides is 1. The molecule has 1 atom stereocenters. The van der Waals surface area contributed by atoms with E-state index >= 15 is 0 Å². The van der Waals surface area contributed by atoms with Crippen LogP contribution in [0.5, 0.6) is 0 Å². The van der Waals surface area contributed by atoms with E-state index in [0.29, 0.717) is 17.5 Å². The average Bonchev–Trinajstić information content (AvgIpc) is 2.74. The molecule has 1 saturated heterocycles. The fourth-order valence-corrected chi connectivity index (χ4v) is 2.33. The van der Waals surface area contributed by atoms with Gasteiger partial charge >= 0.3 is 0 Å². The first-order chi connectivity index (χ1) is 8.46. The van der Waals surface area contributed by atoms with Crippen molar-refractivity contribution in [2.75, 3.05) is 24.2 Å². The number of aromatic nitrogens is 2. The topological polar surface area (TPSA) is 72.1 Å². The van der Waals surface area contributed by atoms with E-state index in [1.807, 2.05) is 13.2 Å². The van der Waals surface area contributed by atoms with Gasteiger partial charge in [0, 0.05) is 24.7 Å². The number of nitrogens with zero attached hydrogens (tertiary/aromatic N) is 3. The van der Waals surface area contributed by atoms with E-state index in [1.165, 1.54) is 11.8 Å². The van der Waals surface area contributed by atoms with Gasteiger partial charge in [-0.05, 0) is 13.2 Å². The molecule has 0 aliphatic carbocycles. The Balaban J connectivity index is 2.26. The molecule has 1 aromatic heterocycles. The van der Waals surface area contributed by atoms with Gasteiger partial charge in [-0.25, -0.2) is 14.4 Å². The average molecular weight is 270 g/mol. The maximum Gasteiger partial charge on any atom is 0.257 e. The van der Waals surface area contributed by atoms with Crippen LogP contribution in [-0.2, 0) is 4.79 Å². The van der Waals surface area contributed by atoms with Crippen LogP contribution < -0.4 is 10.6 Å². The molecule has 0 radical (unpaired) electrons. The van der Waals surface area contributed by atoms with Crippen LogP contribution in [0.1, 0.15) is 12.0 Å². The van der Waals surface area contributed by atoms with Crippen molar-refractivity contribution in [1.29, 1.82) is 0 Å². The second-order valence-electron chi connectivity index (χ2n) is 4.36. The first-order valence-electron chi connectivity index (χ1n) is 5.58. The molecule has 1 aromatic rings. The van der Waals surface area contributed by atoms with E-state index < -0.39 is 11.6 Å². The molecule has 1 aliphatic rings.